The van der Waals surface area contributed by atoms with Gasteiger partial charge in [0.1, 0.15) is 5.52 Å². The molecule has 156 valence electrons. The highest BCUT2D eigenvalue weighted by atomic mass is 15.0. The summed E-state index contributed by atoms with van der Waals surface area (Å²) in [6.07, 6.45) is 1.91. The van der Waals surface area contributed by atoms with Crippen molar-refractivity contribution in [3.8, 4) is 6.07 Å². The number of hydrogen-bond acceptors (Lipinski definition) is 2. The van der Waals surface area contributed by atoms with Crippen LogP contribution in [0.25, 0.3) is 49.1 Å². The minimum Gasteiger partial charge on any atom is -0.307 e. The fourth-order valence-corrected chi connectivity index (χ4v) is 5.61. The van der Waals surface area contributed by atoms with Gasteiger partial charge >= 0.3 is 0 Å². The van der Waals surface area contributed by atoms with Crippen LogP contribution >= 0.6 is 0 Å². The molecular formula is C28H25N4+. The molecule has 0 N–H and O–H groups in total. The Morgan fingerprint density at radius 3 is 2.47 bits per heavy atom. The van der Waals surface area contributed by atoms with Crippen LogP contribution in [0.5, 0.6) is 0 Å². The fourth-order valence-electron chi connectivity index (χ4n) is 5.61. The quantitative estimate of drug-likeness (QED) is 0.189. The average Bonchev–Trinajstić information content (AvgIpc) is 3.12. The van der Waals surface area contributed by atoms with Gasteiger partial charge in [-0.3, -0.25) is 0 Å². The van der Waals surface area contributed by atoms with Crippen LogP contribution in [0, 0.1) is 32.1 Å². The minimum atomic E-state index is -0.637. The second kappa shape index (κ2) is 5.95. The first-order chi connectivity index (χ1) is 15.3. The normalized spacial score (nSPS) is 12.7. The largest absolute Gasteiger partial charge is 0.307 e. The molecule has 0 radical (unpaired) electrons. The first kappa shape index (κ1) is 19.0. The van der Waals surface area contributed by atoms with Gasteiger partial charge in [0, 0.05) is 16.2 Å². The molecule has 6 rings (SSSR count). The zero-order valence-electron chi connectivity index (χ0n) is 19.3. The summed E-state index contributed by atoms with van der Waals surface area (Å²) < 4.78 is 4.58. The van der Waals surface area contributed by atoms with Crippen LogP contribution in [0.2, 0.25) is 0 Å². The van der Waals surface area contributed by atoms with Crippen molar-refractivity contribution in [2.24, 2.45) is 7.05 Å². The molecule has 0 aliphatic rings. The van der Waals surface area contributed by atoms with Gasteiger partial charge in [0.25, 0.3) is 6.33 Å². The smallest absolute Gasteiger partial charge is 0.287 e. The number of nitrogens with zero attached hydrogens (tertiary/aromatic N) is 4. The highest BCUT2D eigenvalue weighted by molar-refractivity contribution is 6.28. The highest BCUT2D eigenvalue weighted by Crippen LogP contribution is 2.45. The van der Waals surface area contributed by atoms with Gasteiger partial charge < -0.3 is 4.40 Å². The lowest BCUT2D eigenvalue weighted by molar-refractivity contribution is -0.646. The van der Waals surface area contributed by atoms with E-state index in [0.717, 1.165) is 16.5 Å². The third-order valence-electron chi connectivity index (χ3n) is 7.30. The number of aryl methyl sites for hydroxylation is 4. The molecule has 4 heteroatoms. The van der Waals surface area contributed by atoms with Crippen molar-refractivity contribution < 1.29 is 4.57 Å². The summed E-state index contributed by atoms with van der Waals surface area (Å²) in [6, 6.07) is 15.6. The molecule has 0 saturated carbocycles. The Kier molecular flexibility index (Phi) is 3.54. The Bertz CT molecular complexity index is 1790. The van der Waals surface area contributed by atoms with E-state index in [0.29, 0.717) is 0 Å². The van der Waals surface area contributed by atoms with E-state index in [-0.39, 0.29) is 0 Å². The molecule has 4 nitrogen and oxygen atoms in total. The molecule has 3 heterocycles. The number of aromatic nitrogens is 3. The zero-order valence-corrected chi connectivity index (χ0v) is 19.3. The van der Waals surface area contributed by atoms with Crippen molar-refractivity contribution in [1.29, 1.82) is 5.26 Å². The lowest BCUT2D eigenvalue weighted by Crippen LogP contribution is -2.30. The molecule has 0 saturated heterocycles. The number of hydrogen-bond donors (Lipinski definition) is 0. The second-order valence-electron chi connectivity index (χ2n) is 9.69. The summed E-state index contributed by atoms with van der Waals surface area (Å²) >= 11 is 0. The monoisotopic (exact) mass is 417 g/mol. The van der Waals surface area contributed by atoms with Crippen molar-refractivity contribution in [3.05, 3.63) is 65.0 Å². The lowest BCUT2D eigenvalue weighted by atomic mass is 9.82. The van der Waals surface area contributed by atoms with E-state index >= 15 is 0 Å². The molecule has 3 aromatic carbocycles. The van der Waals surface area contributed by atoms with Crippen LogP contribution in [-0.4, -0.2) is 9.38 Å². The third-order valence-corrected chi connectivity index (χ3v) is 7.30. The standard InChI is InChI=1S/C28H25N4/c1-15-11-16(2)25-22(17(15)3)26-24-20(30-14-31(26)6)12-19(28(4,5)13-29)23-18-9-7-8-10-21(18)32(25)27(23)24/h7-12,14H,1-6H3/q+1. The second-order valence-corrected chi connectivity index (χ2v) is 9.69. The molecular weight excluding hydrogens is 392 g/mol. The summed E-state index contributed by atoms with van der Waals surface area (Å²) in [6.45, 7) is 10.6. The van der Waals surface area contributed by atoms with Crippen molar-refractivity contribution in [3.63, 3.8) is 0 Å². The van der Waals surface area contributed by atoms with Gasteiger partial charge in [-0.15, -0.1) is 0 Å². The van der Waals surface area contributed by atoms with Gasteiger partial charge in [-0.05, 0) is 74.0 Å². The van der Waals surface area contributed by atoms with Gasteiger partial charge in [0.15, 0.2) is 5.52 Å². The summed E-state index contributed by atoms with van der Waals surface area (Å²) in [4.78, 5) is 4.83. The Morgan fingerprint density at radius 2 is 1.72 bits per heavy atom. The van der Waals surface area contributed by atoms with Crippen molar-refractivity contribution in [1.82, 2.24) is 9.38 Å². The van der Waals surface area contributed by atoms with E-state index in [9.17, 15) is 5.26 Å². The van der Waals surface area contributed by atoms with Crippen molar-refractivity contribution in [2.45, 2.75) is 40.0 Å². The molecule has 0 atom stereocenters. The van der Waals surface area contributed by atoms with Gasteiger partial charge in [0.05, 0.1) is 40.5 Å². The molecule has 3 aromatic heterocycles. The number of rotatable bonds is 1. The first-order valence-corrected chi connectivity index (χ1v) is 11.0. The first-order valence-electron chi connectivity index (χ1n) is 11.0. The number of para-hydroxylation sites is 1. The average molecular weight is 418 g/mol. The molecule has 0 spiro atoms. The van der Waals surface area contributed by atoms with Gasteiger partial charge in [0.2, 0.25) is 0 Å². The highest BCUT2D eigenvalue weighted by Gasteiger charge is 2.31. The fraction of sp³-hybridized carbons (Fsp3) is 0.250. The van der Waals surface area contributed by atoms with E-state index in [2.05, 4.69) is 79.3 Å². The minimum absolute atomic E-state index is 0.637. The van der Waals surface area contributed by atoms with Gasteiger partial charge in [-0.1, -0.05) is 24.3 Å². The molecule has 6 aromatic rings. The maximum atomic E-state index is 10.1. The Morgan fingerprint density at radius 1 is 0.969 bits per heavy atom. The van der Waals surface area contributed by atoms with Crippen LogP contribution in [-0.2, 0) is 12.5 Å². The van der Waals surface area contributed by atoms with E-state index < -0.39 is 5.41 Å². The van der Waals surface area contributed by atoms with Gasteiger partial charge in [-0.25, -0.2) is 4.57 Å². The van der Waals surface area contributed by atoms with E-state index in [1.54, 1.807) is 0 Å². The Hall–Kier alpha value is -3.71. The van der Waals surface area contributed by atoms with E-state index in [4.69, 9.17) is 4.98 Å². The third kappa shape index (κ3) is 2.11. The predicted octanol–water partition coefficient (Wildman–Crippen LogP) is 5.94. The van der Waals surface area contributed by atoms with Crippen LogP contribution in [0.15, 0.2) is 42.7 Å². The summed E-state index contributed by atoms with van der Waals surface area (Å²) in [5, 5.41) is 14.9. The molecule has 0 aliphatic heterocycles. The Balaban J connectivity index is 2.14. The van der Waals surface area contributed by atoms with Crippen molar-refractivity contribution >= 4 is 49.1 Å². The topological polar surface area (TPSA) is 45.0 Å². The molecule has 0 aliphatic carbocycles. The van der Waals surface area contributed by atoms with Crippen LogP contribution < -0.4 is 4.57 Å². The zero-order chi connectivity index (χ0) is 22.5. The summed E-state index contributed by atoms with van der Waals surface area (Å²) in [7, 11) is 2.08. The Labute approximate surface area is 186 Å². The SMILES string of the molecule is Cc1cc(C)c2c(c1C)c1c3c(cc(C(C)(C)C#N)c4c5ccccc5n2c43)nc[n+]1C. The van der Waals surface area contributed by atoms with Crippen molar-refractivity contribution in [2.75, 3.05) is 0 Å². The summed E-state index contributed by atoms with van der Waals surface area (Å²) in [5.41, 5.74) is 9.98. The number of benzene rings is 3. The number of pyridine rings is 1. The maximum absolute atomic E-state index is 10.1. The number of nitriles is 1. The lowest BCUT2D eigenvalue weighted by Gasteiger charge is -2.20. The van der Waals surface area contributed by atoms with E-state index in [1.165, 1.54) is 54.9 Å². The number of fused-ring (bicyclic) bond motifs is 6. The molecule has 0 bridgehead atoms. The van der Waals surface area contributed by atoms with Crippen LogP contribution in [0.1, 0.15) is 36.1 Å². The van der Waals surface area contributed by atoms with Gasteiger partial charge in [-0.2, -0.15) is 5.26 Å². The summed E-state index contributed by atoms with van der Waals surface area (Å²) in [5.74, 6) is 0. The van der Waals surface area contributed by atoms with Crippen LogP contribution in [0.4, 0.5) is 0 Å². The molecule has 0 amide bonds. The van der Waals surface area contributed by atoms with E-state index in [1.807, 2.05) is 20.2 Å². The molecule has 0 unspecified atom stereocenters. The van der Waals surface area contributed by atoms with Crippen LogP contribution in [0.3, 0.4) is 0 Å². The molecule has 0 fully saturated rings. The maximum Gasteiger partial charge on any atom is 0.287 e. The molecule has 32 heavy (non-hydrogen) atoms. The predicted molar refractivity (Wildman–Crippen MR) is 130 cm³/mol.